The highest BCUT2D eigenvalue weighted by atomic mass is 32.2. The zero-order valence-electron chi connectivity index (χ0n) is 9.18. The second-order valence-corrected chi connectivity index (χ2v) is 4.28. The van der Waals surface area contributed by atoms with Gasteiger partial charge in [-0.25, -0.2) is 0 Å². The lowest BCUT2D eigenvalue weighted by atomic mass is 10.3. The minimum absolute atomic E-state index is 0.763. The molecule has 0 fully saturated rings. The fourth-order valence-corrected chi connectivity index (χ4v) is 1.81. The molecule has 3 heteroatoms. The average molecular weight is 230 g/mol. The van der Waals surface area contributed by atoms with Crippen molar-refractivity contribution in [2.45, 2.75) is 11.4 Å². The Labute approximate surface area is 100 Å². The standard InChI is InChI=1S/C13H14N2S/c1-16-13-7-5-11(6-8-13)15-10-12-4-2-3-9-14-12/h2-9,15H,10H2,1H3. The highest BCUT2D eigenvalue weighted by Crippen LogP contribution is 2.17. The van der Waals surface area contributed by atoms with Gasteiger partial charge in [-0.3, -0.25) is 4.98 Å². The molecule has 82 valence electrons. The van der Waals surface area contributed by atoms with E-state index in [1.807, 2.05) is 24.4 Å². The second-order valence-electron chi connectivity index (χ2n) is 3.40. The molecule has 0 unspecified atom stereocenters. The van der Waals surface area contributed by atoms with Gasteiger partial charge in [-0.15, -0.1) is 11.8 Å². The highest BCUT2D eigenvalue weighted by Gasteiger charge is 1.94. The SMILES string of the molecule is CSc1ccc(NCc2ccccn2)cc1. The fourth-order valence-electron chi connectivity index (χ4n) is 1.40. The summed E-state index contributed by atoms with van der Waals surface area (Å²) >= 11 is 1.75. The summed E-state index contributed by atoms with van der Waals surface area (Å²) in [5, 5.41) is 3.34. The van der Waals surface area contributed by atoms with E-state index in [1.54, 1.807) is 11.8 Å². The maximum atomic E-state index is 4.26. The second kappa shape index (κ2) is 5.56. The molecular weight excluding hydrogens is 216 g/mol. The van der Waals surface area contributed by atoms with Crippen LogP contribution >= 0.6 is 11.8 Å². The Balaban J connectivity index is 1.94. The Kier molecular flexibility index (Phi) is 3.83. The van der Waals surface area contributed by atoms with Crippen molar-refractivity contribution in [3.05, 3.63) is 54.4 Å². The predicted octanol–water partition coefficient (Wildman–Crippen LogP) is 3.42. The number of anilines is 1. The summed E-state index contributed by atoms with van der Waals surface area (Å²) in [5.41, 5.74) is 2.18. The lowest BCUT2D eigenvalue weighted by Crippen LogP contribution is -2.00. The fraction of sp³-hybridized carbons (Fsp3) is 0.154. The third kappa shape index (κ3) is 3.00. The molecule has 0 aliphatic rings. The molecule has 1 heterocycles. The lowest BCUT2D eigenvalue weighted by Gasteiger charge is -2.06. The number of benzene rings is 1. The molecular formula is C13H14N2S. The maximum Gasteiger partial charge on any atom is 0.0594 e. The van der Waals surface area contributed by atoms with Gasteiger partial charge >= 0.3 is 0 Å². The number of thioether (sulfide) groups is 1. The number of nitrogens with one attached hydrogen (secondary N) is 1. The van der Waals surface area contributed by atoms with E-state index >= 15 is 0 Å². The summed E-state index contributed by atoms with van der Waals surface area (Å²) in [5.74, 6) is 0. The molecule has 0 spiro atoms. The van der Waals surface area contributed by atoms with Crippen LogP contribution in [0.2, 0.25) is 0 Å². The van der Waals surface area contributed by atoms with Crippen molar-refractivity contribution in [2.24, 2.45) is 0 Å². The molecule has 1 aromatic carbocycles. The minimum atomic E-state index is 0.763. The highest BCUT2D eigenvalue weighted by molar-refractivity contribution is 7.98. The molecule has 2 rings (SSSR count). The van der Waals surface area contributed by atoms with Gasteiger partial charge in [0, 0.05) is 16.8 Å². The third-order valence-corrected chi connectivity index (χ3v) is 3.03. The molecule has 0 radical (unpaired) electrons. The largest absolute Gasteiger partial charge is 0.379 e. The summed E-state index contributed by atoms with van der Waals surface area (Å²) in [6, 6.07) is 14.4. The maximum absolute atomic E-state index is 4.26. The first-order chi connectivity index (χ1) is 7.88. The zero-order valence-corrected chi connectivity index (χ0v) is 10.00. The Morgan fingerprint density at radius 3 is 2.56 bits per heavy atom. The van der Waals surface area contributed by atoms with Crippen molar-refractivity contribution in [3.63, 3.8) is 0 Å². The quantitative estimate of drug-likeness (QED) is 0.815. The minimum Gasteiger partial charge on any atom is -0.379 e. The molecule has 1 N–H and O–H groups in total. The van der Waals surface area contributed by atoms with Crippen molar-refractivity contribution in [2.75, 3.05) is 11.6 Å². The van der Waals surface area contributed by atoms with Gasteiger partial charge in [-0.2, -0.15) is 0 Å². The van der Waals surface area contributed by atoms with Crippen LogP contribution in [0.3, 0.4) is 0 Å². The van der Waals surface area contributed by atoms with E-state index in [4.69, 9.17) is 0 Å². The van der Waals surface area contributed by atoms with E-state index in [0.29, 0.717) is 0 Å². The van der Waals surface area contributed by atoms with Crippen LogP contribution in [0, 0.1) is 0 Å². The van der Waals surface area contributed by atoms with Crippen molar-refractivity contribution >= 4 is 17.4 Å². The molecule has 0 saturated carbocycles. The first-order valence-corrected chi connectivity index (χ1v) is 6.39. The van der Waals surface area contributed by atoms with Crippen molar-refractivity contribution in [1.82, 2.24) is 4.98 Å². The van der Waals surface area contributed by atoms with E-state index in [1.165, 1.54) is 4.90 Å². The topological polar surface area (TPSA) is 24.9 Å². The molecule has 0 bridgehead atoms. The number of aromatic nitrogens is 1. The van der Waals surface area contributed by atoms with Gasteiger partial charge in [0.25, 0.3) is 0 Å². The Hall–Kier alpha value is -1.48. The molecule has 0 aliphatic heterocycles. The van der Waals surface area contributed by atoms with Crippen LogP contribution < -0.4 is 5.32 Å². The number of hydrogen-bond acceptors (Lipinski definition) is 3. The summed E-state index contributed by atoms with van der Waals surface area (Å²) in [7, 11) is 0. The Morgan fingerprint density at radius 2 is 1.94 bits per heavy atom. The van der Waals surface area contributed by atoms with Gasteiger partial charge in [0.2, 0.25) is 0 Å². The zero-order chi connectivity index (χ0) is 11.2. The van der Waals surface area contributed by atoms with Crippen molar-refractivity contribution < 1.29 is 0 Å². The lowest BCUT2D eigenvalue weighted by molar-refractivity contribution is 1.05. The van der Waals surface area contributed by atoms with Crippen LogP contribution in [0.1, 0.15) is 5.69 Å². The van der Waals surface area contributed by atoms with E-state index in [0.717, 1.165) is 17.9 Å². The molecule has 0 aliphatic carbocycles. The van der Waals surface area contributed by atoms with Gasteiger partial charge in [-0.05, 0) is 42.7 Å². The number of hydrogen-bond donors (Lipinski definition) is 1. The first-order valence-electron chi connectivity index (χ1n) is 5.16. The Morgan fingerprint density at radius 1 is 1.12 bits per heavy atom. The third-order valence-electron chi connectivity index (χ3n) is 2.29. The van der Waals surface area contributed by atoms with Gasteiger partial charge in [0.15, 0.2) is 0 Å². The molecule has 0 amide bonds. The number of nitrogens with zero attached hydrogens (tertiary/aromatic N) is 1. The summed E-state index contributed by atoms with van der Waals surface area (Å²) < 4.78 is 0. The van der Waals surface area contributed by atoms with Gasteiger partial charge in [0.1, 0.15) is 0 Å². The summed E-state index contributed by atoms with van der Waals surface area (Å²) in [6.07, 6.45) is 3.89. The van der Waals surface area contributed by atoms with Crippen molar-refractivity contribution in [3.8, 4) is 0 Å². The smallest absolute Gasteiger partial charge is 0.0594 e. The molecule has 16 heavy (non-hydrogen) atoms. The van der Waals surface area contributed by atoms with Crippen LogP contribution in [-0.4, -0.2) is 11.2 Å². The monoisotopic (exact) mass is 230 g/mol. The van der Waals surface area contributed by atoms with Crippen LogP contribution in [-0.2, 0) is 6.54 Å². The molecule has 0 saturated heterocycles. The molecule has 2 aromatic rings. The van der Waals surface area contributed by atoms with Gasteiger partial charge < -0.3 is 5.32 Å². The normalized spacial score (nSPS) is 10.1. The summed E-state index contributed by atoms with van der Waals surface area (Å²) in [4.78, 5) is 5.54. The van der Waals surface area contributed by atoms with Gasteiger partial charge in [-0.1, -0.05) is 6.07 Å². The van der Waals surface area contributed by atoms with Crippen LogP contribution in [0.4, 0.5) is 5.69 Å². The van der Waals surface area contributed by atoms with Crippen LogP contribution in [0.5, 0.6) is 0 Å². The molecule has 0 atom stereocenters. The van der Waals surface area contributed by atoms with Crippen LogP contribution in [0.25, 0.3) is 0 Å². The average Bonchev–Trinajstić information content (AvgIpc) is 2.38. The van der Waals surface area contributed by atoms with E-state index in [9.17, 15) is 0 Å². The predicted molar refractivity (Wildman–Crippen MR) is 69.8 cm³/mol. The van der Waals surface area contributed by atoms with E-state index in [-0.39, 0.29) is 0 Å². The van der Waals surface area contributed by atoms with E-state index < -0.39 is 0 Å². The molecule has 2 nitrogen and oxygen atoms in total. The molecule has 1 aromatic heterocycles. The van der Waals surface area contributed by atoms with E-state index in [2.05, 4.69) is 40.8 Å². The Bertz CT molecular complexity index is 425. The number of rotatable bonds is 4. The first kappa shape index (κ1) is 11.0. The summed E-state index contributed by atoms with van der Waals surface area (Å²) in [6.45, 7) is 0.763. The van der Waals surface area contributed by atoms with Crippen molar-refractivity contribution in [1.29, 1.82) is 0 Å². The van der Waals surface area contributed by atoms with Gasteiger partial charge in [0.05, 0.1) is 12.2 Å². The number of pyridine rings is 1. The van der Waals surface area contributed by atoms with Crippen LogP contribution in [0.15, 0.2) is 53.6 Å².